The summed E-state index contributed by atoms with van der Waals surface area (Å²) in [6.07, 6.45) is 1.82. The van der Waals surface area contributed by atoms with Gasteiger partial charge in [-0.2, -0.15) is 0 Å². The first kappa shape index (κ1) is 20.3. The zero-order chi connectivity index (χ0) is 20.1. The molecule has 3 nitrogen and oxygen atoms in total. The van der Waals surface area contributed by atoms with Crippen molar-refractivity contribution < 1.29 is 9.00 Å². The second kappa shape index (κ2) is 9.18. The molecular weight excluding hydrogens is 390 g/mol. The van der Waals surface area contributed by atoms with Crippen LogP contribution in [0.1, 0.15) is 24.1 Å². The number of hydrogen-bond acceptors (Lipinski definition) is 2. The van der Waals surface area contributed by atoms with Crippen molar-refractivity contribution >= 4 is 34.0 Å². The van der Waals surface area contributed by atoms with Crippen molar-refractivity contribution in [2.24, 2.45) is 0 Å². The molecule has 0 heterocycles. The Bertz CT molecular complexity index is 973. The van der Waals surface area contributed by atoms with Crippen LogP contribution in [0, 0.1) is 0 Å². The molecule has 28 heavy (non-hydrogen) atoms. The van der Waals surface area contributed by atoms with Crippen molar-refractivity contribution in [2.75, 3.05) is 11.2 Å². The minimum atomic E-state index is -1.15. The lowest BCUT2D eigenvalue weighted by Crippen LogP contribution is -2.35. The first-order chi connectivity index (χ1) is 13.5. The minimum absolute atomic E-state index is 0.0495. The second-order valence-electron chi connectivity index (χ2n) is 6.57. The number of rotatable bonds is 6. The predicted octanol–water partition coefficient (Wildman–Crippen LogP) is 5.41. The van der Waals surface area contributed by atoms with Gasteiger partial charge in [0.05, 0.1) is 23.3 Å². The number of amides is 1. The Balaban J connectivity index is 1.96. The van der Waals surface area contributed by atoms with E-state index in [-0.39, 0.29) is 18.4 Å². The topological polar surface area (TPSA) is 37.4 Å². The first-order valence-electron chi connectivity index (χ1n) is 9.01. The summed E-state index contributed by atoms with van der Waals surface area (Å²) in [7, 11) is -1.15. The molecule has 0 unspecified atom stereocenters. The predicted molar refractivity (Wildman–Crippen MR) is 116 cm³/mol. The van der Waals surface area contributed by atoms with E-state index < -0.39 is 10.8 Å². The number of halogens is 1. The highest BCUT2D eigenvalue weighted by molar-refractivity contribution is 7.84. The van der Waals surface area contributed by atoms with Gasteiger partial charge in [0.15, 0.2) is 0 Å². The van der Waals surface area contributed by atoms with Gasteiger partial charge < -0.3 is 4.90 Å². The van der Waals surface area contributed by atoms with E-state index >= 15 is 0 Å². The summed E-state index contributed by atoms with van der Waals surface area (Å²) in [4.78, 5) is 15.9. The van der Waals surface area contributed by atoms with Gasteiger partial charge >= 0.3 is 0 Å². The van der Waals surface area contributed by atoms with Crippen molar-refractivity contribution in [1.29, 1.82) is 0 Å². The van der Waals surface area contributed by atoms with Gasteiger partial charge in [0.2, 0.25) is 5.91 Å². The van der Waals surface area contributed by atoms with Gasteiger partial charge in [-0.05, 0) is 48.4 Å². The fourth-order valence-electron chi connectivity index (χ4n) is 3.24. The number of nitrogens with zero attached hydrogens (tertiary/aromatic N) is 1. The lowest BCUT2D eigenvalue weighted by molar-refractivity contribution is -0.118. The monoisotopic (exact) mass is 411 g/mol. The van der Waals surface area contributed by atoms with Gasteiger partial charge in [0.25, 0.3) is 0 Å². The molecule has 0 fully saturated rings. The van der Waals surface area contributed by atoms with Crippen LogP contribution >= 0.6 is 11.6 Å². The van der Waals surface area contributed by atoms with Crippen LogP contribution in [-0.2, 0) is 22.0 Å². The summed E-state index contributed by atoms with van der Waals surface area (Å²) in [5, 5.41) is 0.660. The quantitative estimate of drug-likeness (QED) is 0.543. The van der Waals surface area contributed by atoms with Gasteiger partial charge in [0, 0.05) is 21.9 Å². The maximum absolute atomic E-state index is 13.4. The first-order valence-corrected chi connectivity index (χ1v) is 10.9. The molecule has 0 bridgehead atoms. The number of anilines is 1. The number of hydrogen-bond donors (Lipinski definition) is 0. The van der Waals surface area contributed by atoms with Crippen LogP contribution in [0.25, 0.3) is 0 Å². The van der Waals surface area contributed by atoms with Crippen LogP contribution in [0.4, 0.5) is 5.69 Å². The molecule has 144 valence electrons. The van der Waals surface area contributed by atoms with Crippen molar-refractivity contribution in [3.05, 3.63) is 95.0 Å². The van der Waals surface area contributed by atoms with Gasteiger partial charge in [-0.25, -0.2) is 0 Å². The van der Waals surface area contributed by atoms with Gasteiger partial charge in [0.1, 0.15) is 0 Å². The molecule has 0 saturated heterocycles. The number of carbonyl (C=O) groups is 1. The molecule has 0 aromatic heterocycles. The molecule has 0 aliphatic heterocycles. The van der Waals surface area contributed by atoms with E-state index in [2.05, 4.69) is 0 Å². The fraction of sp³-hybridized carbons (Fsp3) is 0.174. The Kier molecular flexibility index (Phi) is 6.65. The smallest absolute Gasteiger partial charge is 0.232 e. The van der Waals surface area contributed by atoms with E-state index in [9.17, 15) is 9.00 Å². The maximum Gasteiger partial charge on any atom is 0.232 e. The molecule has 3 rings (SSSR count). The molecule has 0 saturated carbocycles. The van der Waals surface area contributed by atoms with E-state index in [1.54, 1.807) is 11.2 Å². The molecule has 3 aromatic carbocycles. The fourth-order valence-corrected chi connectivity index (χ4v) is 4.15. The summed E-state index contributed by atoms with van der Waals surface area (Å²) >= 11 is 6.02. The lowest BCUT2D eigenvalue weighted by atomic mass is 10.0. The Morgan fingerprint density at radius 2 is 1.57 bits per heavy atom. The van der Waals surface area contributed by atoms with Gasteiger partial charge in [-0.3, -0.25) is 9.00 Å². The Morgan fingerprint density at radius 3 is 2.21 bits per heavy atom. The van der Waals surface area contributed by atoms with Crippen LogP contribution in [0.5, 0.6) is 0 Å². The zero-order valence-electron chi connectivity index (χ0n) is 15.8. The third-order valence-electron chi connectivity index (χ3n) is 4.67. The summed E-state index contributed by atoms with van der Waals surface area (Å²) in [5.41, 5.74) is 2.61. The van der Waals surface area contributed by atoms with Crippen molar-refractivity contribution in [3.8, 4) is 0 Å². The average Bonchev–Trinajstić information content (AvgIpc) is 2.69. The SMILES string of the molecule is C[C@@H](c1ccc(Cl)cc1)N(C(=O)Cc1ccccc1[S@@](C)=O)c1ccccc1. The summed E-state index contributed by atoms with van der Waals surface area (Å²) in [6.45, 7) is 2.00. The minimum Gasteiger partial charge on any atom is -0.305 e. The van der Waals surface area contributed by atoms with E-state index in [4.69, 9.17) is 11.6 Å². The Morgan fingerprint density at radius 1 is 0.964 bits per heavy atom. The lowest BCUT2D eigenvalue weighted by Gasteiger charge is -2.30. The van der Waals surface area contributed by atoms with Gasteiger partial charge in [-0.1, -0.05) is 60.1 Å². The number of benzene rings is 3. The molecule has 0 aliphatic carbocycles. The van der Waals surface area contributed by atoms with Gasteiger partial charge in [-0.15, -0.1) is 0 Å². The summed E-state index contributed by atoms with van der Waals surface area (Å²) in [5.74, 6) is -0.0495. The largest absolute Gasteiger partial charge is 0.305 e. The van der Waals surface area contributed by atoms with Crippen molar-refractivity contribution in [2.45, 2.75) is 24.3 Å². The number of para-hydroxylation sites is 1. The second-order valence-corrected chi connectivity index (χ2v) is 8.35. The molecular formula is C23H22ClNO2S. The van der Waals surface area contributed by atoms with Crippen LogP contribution < -0.4 is 4.90 Å². The van der Waals surface area contributed by atoms with E-state index in [0.717, 1.165) is 16.8 Å². The number of carbonyl (C=O) groups excluding carboxylic acids is 1. The maximum atomic E-state index is 13.4. The third kappa shape index (κ3) is 4.70. The highest BCUT2D eigenvalue weighted by Gasteiger charge is 2.24. The normalized spacial score (nSPS) is 13.0. The molecule has 2 atom stereocenters. The van der Waals surface area contributed by atoms with Crippen molar-refractivity contribution in [1.82, 2.24) is 0 Å². The average molecular weight is 412 g/mol. The highest BCUT2D eigenvalue weighted by atomic mass is 35.5. The Hall–Kier alpha value is -2.43. The Labute approximate surface area is 173 Å². The molecule has 0 aliphatic rings. The van der Waals surface area contributed by atoms with Crippen LogP contribution in [-0.4, -0.2) is 16.4 Å². The molecule has 5 heteroatoms. The molecule has 0 N–H and O–H groups in total. The summed E-state index contributed by atoms with van der Waals surface area (Å²) < 4.78 is 12.0. The zero-order valence-corrected chi connectivity index (χ0v) is 17.4. The van der Waals surface area contributed by atoms with E-state index in [1.807, 2.05) is 85.8 Å². The third-order valence-corrected chi connectivity index (χ3v) is 5.94. The van der Waals surface area contributed by atoms with Crippen LogP contribution in [0.3, 0.4) is 0 Å². The highest BCUT2D eigenvalue weighted by Crippen LogP contribution is 2.29. The molecule has 3 aromatic rings. The van der Waals surface area contributed by atoms with Crippen LogP contribution in [0.2, 0.25) is 5.02 Å². The summed E-state index contributed by atoms with van der Waals surface area (Å²) in [6, 6.07) is 24.4. The van der Waals surface area contributed by atoms with Crippen molar-refractivity contribution in [3.63, 3.8) is 0 Å². The van der Waals surface area contributed by atoms with Crippen LogP contribution in [0.15, 0.2) is 83.8 Å². The standard InChI is InChI=1S/C23H22ClNO2S/c1-17(18-12-14-20(24)15-13-18)25(21-9-4-3-5-10-21)23(26)16-19-8-6-7-11-22(19)28(2)27/h3-15,17H,16H2,1-2H3/t17-,28+/m0/s1. The van der Waals surface area contributed by atoms with E-state index in [1.165, 1.54) is 0 Å². The van der Waals surface area contributed by atoms with E-state index in [0.29, 0.717) is 9.92 Å². The molecule has 0 spiro atoms. The molecule has 1 amide bonds. The molecule has 0 radical (unpaired) electrons.